The maximum absolute atomic E-state index is 12.5. The van der Waals surface area contributed by atoms with Gasteiger partial charge in [-0.05, 0) is 48.4 Å². The standard InChI is InChI=1S/C19H18N4O4/c1-27-18(25)11-6-14-4-9-17(10-5-14)23(21-13-24)19(26)22-16-7-2-15(12-20)3-8-16/h2-5,7-10,13H,6,11H2,1H3,(H,21,24)(H,22,26). The Bertz CT molecular complexity index is 842. The van der Waals surface area contributed by atoms with E-state index in [9.17, 15) is 14.4 Å². The van der Waals surface area contributed by atoms with Crippen LogP contribution in [0, 0.1) is 11.3 Å². The Morgan fingerprint density at radius 3 is 2.37 bits per heavy atom. The van der Waals surface area contributed by atoms with E-state index in [4.69, 9.17) is 5.26 Å². The monoisotopic (exact) mass is 366 g/mol. The summed E-state index contributed by atoms with van der Waals surface area (Å²) in [6.45, 7) is 0. The van der Waals surface area contributed by atoms with Crippen LogP contribution in [0.5, 0.6) is 0 Å². The van der Waals surface area contributed by atoms with Gasteiger partial charge in [0.15, 0.2) is 0 Å². The van der Waals surface area contributed by atoms with Gasteiger partial charge in [0.25, 0.3) is 0 Å². The predicted molar refractivity (Wildman–Crippen MR) is 98.6 cm³/mol. The predicted octanol–water partition coefficient (Wildman–Crippen LogP) is 2.36. The number of rotatable bonds is 7. The first-order chi connectivity index (χ1) is 13.1. The highest BCUT2D eigenvalue weighted by molar-refractivity contribution is 6.02. The number of urea groups is 1. The van der Waals surface area contributed by atoms with E-state index in [0.717, 1.165) is 10.6 Å². The summed E-state index contributed by atoms with van der Waals surface area (Å²) in [6, 6.07) is 14.6. The van der Waals surface area contributed by atoms with E-state index in [1.54, 1.807) is 48.5 Å². The number of carbonyl (C=O) groups is 3. The molecule has 0 fully saturated rings. The Hall–Kier alpha value is -3.86. The lowest BCUT2D eigenvalue weighted by Gasteiger charge is -2.21. The van der Waals surface area contributed by atoms with Gasteiger partial charge < -0.3 is 10.1 Å². The molecule has 0 radical (unpaired) electrons. The van der Waals surface area contributed by atoms with E-state index < -0.39 is 6.03 Å². The molecule has 3 amide bonds. The number of carbonyl (C=O) groups excluding carboxylic acids is 3. The number of hydrogen-bond acceptors (Lipinski definition) is 5. The van der Waals surface area contributed by atoms with Crippen molar-refractivity contribution in [3.63, 3.8) is 0 Å². The Balaban J connectivity index is 2.08. The summed E-state index contributed by atoms with van der Waals surface area (Å²) in [5.74, 6) is -0.301. The van der Waals surface area contributed by atoms with Crippen molar-refractivity contribution in [1.82, 2.24) is 5.43 Å². The zero-order chi connectivity index (χ0) is 19.6. The first-order valence-electron chi connectivity index (χ1n) is 8.04. The van der Waals surface area contributed by atoms with Gasteiger partial charge >= 0.3 is 12.0 Å². The van der Waals surface area contributed by atoms with Crippen molar-refractivity contribution < 1.29 is 19.1 Å². The van der Waals surface area contributed by atoms with Crippen molar-refractivity contribution >= 4 is 29.8 Å². The summed E-state index contributed by atoms with van der Waals surface area (Å²) in [6.07, 6.45) is 1.15. The Morgan fingerprint density at radius 1 is 1.15 bits per heavy atom. The van der Waals surface area contributed by atoms with Crippen LogP contribution in [0.25, 0.3) is 0 Å². The van der Waals surface area contributed by atoms with Gasteiger partial charge in [-0.3, -0.25) is 15.0 Å². The normalized spacial score (nSPS) is 9.63. The number of esters is 1. The van der Waals surface area contributed by atoms with Crippen molar-refractivity contribution in [3.8, 4) is 6.07 Å². The van der Waals surface area contributed by atoms with Crippen LogP contribution in [-0.2, 0) is 20.7 Å². The van der Waals surface area contributed by atoms with E-state index >= 15 is 0 Å². The van der Waals surface area contributed by atoms with Crippen molar-refractivity contribution in [1.29, 1.82) is 5.26 Å². The maximum atomic E-state index is 12.5. The number of ether oxygens (including phenoxy) is 1. The van der Waals surface area contributed by atoms with Crippen LogP contribution < -0.4 is 15.8 Å². The largest absolute Gasteiger partial charge is 0.469 e. The molecule has 0 saturated heterocycles. The molecule has 2 aromatic carbocycles. The molecule has 2 aromatic rings. The molecule has 0 bridgehead atoms. The van der Waals surface area contributed by atoms with Crippen LogP contribution >= 0.6 is 0 Å². The molecule has 0 aliphatic rings. The van der Waals surface area contributed by atoms with Crippen molar-refractivity contribution in [2.24, 2.45) is 0 Å². The Labute approximate surface area is 156 Å². The molecule has 138 valence electrons. The third kappa shape index (κ3) is 5.57. The lowest BCUT2D eigenvalue weighted by molar-refractivity contribution is -0.140. The second-order valence-corrected chi connectivity index (χ2v) is 5.44. The van der Waals surface area contributed by atoms with E-state index in [1.165, 1.54) is 7.11 Å². The second kappa shape index (κ2) is 9.58. The van der Waals surface area contributed by atoms with Gasteiger partial charge in [-0.2, -0.15) is 5.26 Å². The van der Waals surface area contributed by atoms with Crippen LogP contribution in [-0.4, -0.2) is 25.5 Å². The second-order valence-electron chi connectivity index (χ2n) is 5.44. The van der Waals surface area contributed by atoms with Crippen LogP contribution in [0.2, 0.25) is 0 Å². The summed E-state index contributed by atoms with van der Waals surface area (Å²) in [7, 11) is 1.33. The minimum Gasteiger partial charge on any atom is -0.469 e. The number of nitrogens with zero attached hydrogens (tertiary/aromatic N) is 2. The van der Waals surface area contributed by atoms with Gasteiger partial charge in [0.2, 0.25) is 6.41 Å². The van der Waals surface area contributed by atoms with E-state index in [1.807, 2.05) is 6.07 Å². The van der Waals surface area contributed by atoms with Gasteiger partial charge in [-0.25, -0.2) is 9.80 Å². The van der Waals surface area contributed by atoms with Gasteiger partial charge in [0.1, 0.15) is 0 Å². The number of nitriles is 1. The van der Waals surface area contributed by atoms with Crippen LogP contribution in [0.15, 0.2) is 48.5 Å². The minimum atomic E-state index is -0.575. The molecule has 0 spiro atoms. The van der Waals surface area contributed by atoms with Gasteiger partial charge in [-0.15, -0.1) is 0 Å². The minimum absolute atomic E-state index is 0.255. The van der Waals surface area contributed by atoms with Gasteiger partial charge in [0.05, 0.1) is 24.4 Å². The van der Waals surface area contributed by atoms with Gasteiger partial charge in [-0.1, -0.05) is 12.1 Å². The molecule has 0 unspecified atom stereocenters. The number of amides is 3. The Kier molecular flexibility index (Phi) is 6.91. The number of nitrogens with one attached hydrogen (secondary N) is 2. The first kappa shape index (κ1) is 19.5. The smallest absolute Gasteiger partial charge is 0.345 e. The van der Waals surface area contributed by atoms with Crippen molar-refractivity contribution in [2.45, 2.75) is 12.8 Å². The summed E-state index contributed by atoms with van der Waals surface area (Å²) in [5.41, 5.74) is 4.61. The lowest BCUT2D eigenvalue weighted by atomic mass is 10.1. The molecule has 0 heterocycles. The highest BCUT2D eigenvalue weighted by Crippen LogP contribution is 2.17. The quantitative estimate of drug-likeness (QED) is 0.444. The average molecular weight is 366 g/mol. The summed E-state index contributed by atoms with van der Waals surface area (Å²) in [5, 5.41) is 12.5. The molecular formula is C19H18N4O4. The van der Waals surface area contributed by atoms with Crippen LogP contribution in [0.4, 0.5) is 16.2 Å². The number of hydrogen-bond donors (Lipinski definition) is 2. The number of hydrazine groups is 1. The molecule has 0 aromatic heterocycles. The first-order valence-corrected chi connectivity index (χ1v) is 8.04. The summed E-state index contributed by atoms with van der Waals surface area (Å²) >= 11 is 0. The fraction of sp³-hybridized carbons (Fsp3) is 0.158. The number of benzene rings is 2. The fourth-order valence-corrected chi connectivity index (χ4v) is 2.27. The van der Waals surface area contributed by atoms with E-state index in [2.05, 4.69) is 15.5 Å². The molecule has 0 aliphatic heterocycles. The molecular weight excluding hydrogens is 348 g/mol. The third-order valence-corrected chi connectivity index (χ3v) is 3.69. The molecule has 27 heavy (non-hydrogen) atoms. The molecule has 8 nitrogen and oxygen atoms in total. The molecule has 0 atom stereocenters. The number of methoxy groups -OCH3 is 1. The van der Waals surface area contributed by atoms with E-state index in [-0.39, 0.29) is 12.4 Å². The molecule has 2 N–H and O–H groups in total. The SMILES string of the molecule is COC(=O)CCc1ccc(N(NC=O)C(=O)Nc2ccc(C#N)cc2)cc1. The zero-order valence-electron chi connectivity index (χ0n) is 14.6. The highest BCUT2D eigenvalue weighted by atomic mass is 16.5. The third-order valence-electron chi connectivity index (χ3n) is 3.69. The number of aryl methyl sites for hydroxylation is 1. The van der Waals surface area contributed by atoms with Crippen molar-refractivity contribution in [3.05, 3.63) is 59.7 Å². The molecule has 0 saturated carbocycles. The Morgan fingerprint density at radius 2 is 1.81 bits per heavy atom. The topological polar surface area (TPSA) is 112 Å². The van der Waals surface area contributed by atoms with Crippen molar-refractivity contribution in [2.75, 3.05) is 17.4 Å². The van der Waals surface area contributed by atoms with E-state index in [0.29, 0.717) is 29.8 Å². The van der Waals surface area contributed by atoms with Crippen LogP contribution in [0.1, 0.15) is 17.5 Å². The van der Waals surface area contributed by atoms with Crippen LogP contribution in [0.3, 0.4) is 0 Å². The zero-order valence-corrected chi connectivity index (χ0v) is 14.6. The summed E-state index contributed by atoms with van der Waals surface area (Å²) < 4.78 is 4.60. The molecule has 0 aliphatic carbocycles. The lowest BCUT2D eigenvalue weighted by Crippen LogP contribution is -2.45. The molecule has 2 rings (SSSR count). The summed E-state index contributed by atoms with van der Waals surface area (Å²) in [4.78, 5) is 34.5. The maximum Gasteiger partial charge on any atom is 0.345 e. The fourth-order valence-electron chi connectivity index (χ4n) is 2.27. The molecule has 8 heteroatoms. The average Bonchev–Trinajstić information content (AvgIpc) is 2.71. The highest BCUT2D eigenvalue weighted by Gasteiger charge is 2.15. The van der Waals surface area contributed by atoms with Gasteiger partial charge in [0, 0.05) is 12.1 Å². The number of anilines is 2.